The molecule has 1 N–H and O–H groups in total. The fourth-order valence-corrected chi connectivity index (χ4v) is 2.66. The highest BCUT2D eigenvalue weighted by Gasteiger charge is 2.19. The minimum absolute atomic E-state index is 0.0734. The second kappa shape index (κ2) is 7.90. The number of carbonyl (C=O) groups is 1. The normalized spacial score (nSPS) is 19.6. The molecule has 2 rings (SSSR count). The Labute approximate surface area is 121 Å². The van der Waals surface area contributed by atoms with Gasteiger partial charge in [-0.1, -0.05) is 18.2 Å². The van der Waals surface area contributed by atoms with E-state index in [0.717, 1.165) is 51.3 Å². The number of carbonyl (C=O) groups excluding carboxylic acids is 1. The first-order chi connectivity index (χ1) is 9.74. The first-order valence-electron chi connectivity index (χ1n) is 7.41. The quantitative estimate of drug-likeness (QED) is 0.809. The van der Waals surface area contributed by atoms with Gasteiger partial charge in [-0.15, -0.1) is 0 Å². The van der Waals surface area contributed by atoms with Crippen molar-refractivity contribution in [2.24, 2.45) is 0 Å². The van der Waals surface area contributed by atoms with Crippen LogP contribution in [-0.2, 0) is 4.79 Å². The summed E-state index contributed by atoms with van der Waals surface area (Å²) in [7, 11) is 0. The van der Waals surface area contributed by atoms with Gasteiger partial charge in [0.05, 0.1) is 6.61 Å². The third-order valence-corrected chi connectivity index (χ3v) is 3.54. The highest BCUT2D eigenvalue weighted by atomic mass is 16.5. The van der Waals surface area contributed by atoms with E-state index in [1.54, 1.807) is 6.92 Å². The predicted molar refractivity (Wildman–Crippen MR) is 79.8 cm³/mol. The van der Waals surface area contributed by atoms with Crippen molar-refractivity contribution in [2.75, 3.05) is 26.2 Å². The minimum Gasteiger partial charge on any atom is -0.494 e. The molecule has 0 saturated carbocycles. The van der Waals surface area contributed by atoms with Gasteiger partial charge in [0, 0.05) is 26.1 Å². The van der Waals surface area contributed by atoms with E-state index in [-0.39, 0.29) is 5.91 Å². The van der Waals surface area contributed by atoms with Gasteiger partial charge in [0.1, 0.15) is 5.75 Å². The fourth-order valence-electron chi connectivity index (χ4n) is 2.66. The lowest BCUT2D eigenvalue weighted by Crippen LogP contribution is -2.47. The van der Waals surface area contributed by atoms with Crippen molar-refractivity contribution < 1.29 is 9.53 Å². The SMILES string of the molecule is CC(=O)NC1CCCN(CCCOc2ccccc2)C1. The van der Waals surface area contributed by atoms with Crippen LogP contribution < -0.4 is 10.1 Å². The van der Waals surface area contributed by atoms with Crippen LogP contribution in [0.15, 0.2) is 30.3 Å². The largest absolute Gasteiger partial charge is 0.494 e. The maximum Gasteiger partial charge on any atom is 0.217 e. The molecule has 20 heavy (non-hydrogen) atoms. The Morgan fingerprint density at radius 1 is 1.40 bits per heavy atom. The number of para-hydroxylation sites is 1. The van der Waals surface area contributed by atoms with E-state index in [4.69, 9.17) is 4.74 Å². The van der Waals surface area contributed by atoms with Crippen LogP contribution in [0.1, 0.15) is 26.2 Å². The lowest BCUT2D eigenvalue weighted by Gasteiger charge is -2.32. The van der Waals surface area contributed by atoms with Gasteiger partial charge in [0.15, 0.2) is 0 Å². The summed E-state index contributed by atoms with van der Waals surface area (Å²) in [6, 6.07) is 10.2. The monoisotopic (exact) mass is 276 g/mol. The number of rotatable bonds is 6. The summed E-state index contributed by atoms with van der Waals surface area (Å²) in [5.41, 5.74) is 0. The molecule has 0 spiro atoms. The number of ether oxygens (including phenoxy) is 1. The molecule has 4 nitrogen and oxygen atoms in total. The van der Waals surface area contributed by atoms with Gasteiger partial charge in [-0.3, -0.25) is 4.79 Å². The van der Waals surface area contributed by atoms with Crippen molar-refractivity contribution in [1.29, 1.82) is 0 Å². The molecule has 1 saturated heterocycles. The molecule has 1 fully saturated rings. The van der Waals surface area contributed by atoms with Crippen molar-refractivity contribution >= 4 is 5.91 Å². The van der Waals surface area contributed by atoms with Crippen LogP contribution in [0.25, 0.3) is 0 Å². The van der Waals surface area contributed by atoms with E-state index in [1.165, 1.54) is 0 Å². The zero-order valence-corrected chi connectivity index (χ0v) is 12.2. The second-order valence-electron chi connectivity index (χ2n) is 5.36. The molecule has 0 radical (unpaired) electrons. The van der Waals surface area contributed by atoms with Gasteiger partial charge < -0.3 is 15.0 Å². The van der Waals surface area contributed by atoms with Gasteiger partial charge in [-0.05, 0) is 37.9 Å². The molecular formula is C16H24N2O2. The molecule has 0 bridgehead atoms. The molecule has 1 heterocycles. The summed E-state index contributed by atoms with van der Waals surface area (Å²) in [5, 5.41) is 3.02. The smallest absolute Gasteiger partial charge is 0.217 e. The summed E-state index contributed by atoms with van der Waals surface area (Å²) in [5.74, 6) is 1.01. The summed E-state index contributed by atoms with van der Waals surface area (Å²) in [4.78, 5) is 13.5. The molecule has 110 valence electrons. The molecule has 1 aromatic rings. The first kappa shape index (κ1) is 14.9. The van der Waals surface area contributed by atoms with E-state index in [9.17, 15) is 4.79 Å². The van der Waals surface area contributed by atoms with Crippen molar-refractivity contribution in [1.82, 2.24) is 10.2 Å². The van der Waals surface area contributed by atoms with Gasteiger partial charge in [0.2, 0.25) is 5.91 Å². The topological polar surface area (TPSA) is 41.6 Å². The van der Waals surface area contributed by atoms with Crippen molar-refractivity contribution in [3.63, 3.8) is 0 Å². The number of nitrogens with one attached hydrogen (secondary N) is 1. The molecule has 1 aromatic carbocycles. The van der Waals surface area contributed by atoms with Crippen LogP contribution in [0.3, 0.4) is 0 Å². The number of benzene rings is 1. The average molecular weight is 276 g/mol. The second-order valence-corrected chi connectivity index (χ2v) is 5.36. The number of piperidine rings is 1. The number of hydrogen-bond donors (Lipinski definition) is 1. The third kappa shape index (κ3) is 5.21. The van der Waals surface area contributed by atoms with Gasteiger partial charge >= 0.3 is 0 Å². The third-order valence-electron chi connectivity index (χ3n) is 3.54. The Balaban J connectivity index is 1.62. The van der Waals surface area contributed by atoms with Crippen LogP contribution >= 0.6 is 0 Å². The number of likely N-dealkylation sites (tertiary alicyclic amines) is 1. The Morgan fingerprint density at radius 3 is 2.95 bits per heavy atom. The van der Waals surface area contributed by atoms with Crippen molar-refractivity contribution in [2.45, 2.75) is 32.2 Å². The standard InChI is InChI=1S/C16H24N2O2/c1-14(19)17-15-7-5-10-18(13-15)11-6-12-20-16-8-3-2-4-9-16/h2-4,8-9,15H,5-7,10-13H2,1H3,(H,17,19). The van der Waals surface area contributed by atoms with Crippen LogP contribution in [0.5, 0.6) is 5.75 Å². The predicted octanol–water partition coefficient (Wildman–Crippen LogP) is 2.06. The molecule has 1 aliphatic heterocycles. The molecule has 1 aliphatic rings. The highest BCUT2D eigenvalue weighted by Crippen LogP contribution is 2.11. The Hall–Kier alpha value is -1.55. The zero-order valence-electron chi connectivity index (χ0n) is 12.2. The Kier molecular flexibility index (Phi) is 5.87. The van der Waals surface area contributed by atoms with E-state index >= 15 is 0 Å². The van der Waals surface area contributed by atoms with Crippen LogP contribution in [-0.4, -0.2) is 43.1 Å². The van der Waals surface area contributed by atoms with Crippen LogP contribution in [0.2, 0.25) is 0 Å². The maximum atomic E-state index is 11.1. The van der Waals surface area contributed by atoms with Crippen molar-refractivity contribution in [3.05, 3.63) is 30.3 Å². The van der Waals surface area contributed by atoms with Gasteiger partial charge in [-0.25, -0.2) is 0 Å². The Morgan fingerprint density at radius 2 is 2.20 bits per heavy atom. The molecule has 1 atom stereocenters. The van der Waals surface area contributed by atoms with E-state index in [1.807, 2.05) is 30.3 Å². The average Bonchev–Trinajstić information content (AvgIpc) is 2.44. The van der Waals surface area contributed by atoms with Gasteiger partial charge in [-0.2, -0.15) is 0 Å². The molecule has 1 unspecified atom stereocenters. The van der Waals surface area contributed by atoms with E-state index < -0.39 is 0 Å². The molecule has 0 aliphatic carbocycles. The van der Waals surface area contributed by atoms with Crippen LogP contribution in [0, 0.1) is 0 Å². The summed E-state index contributed by atoms with van der Waals surface area (Å²) < 4.78 is 5.69. The molecule has 4 heteroatoms. The van der Waals surface area contributed by atoms with Crippen LogP contribution in [0.4, 0.5) is 0 Å². The maximum absolute atomic E-state index is 11.1. The Bertz CT molecular complexity index is 408. The van der Waals surface area contributed by atoms with E-state index in [0.29, 0.717) is 6.04 Å². The lowest BCUT2D eigenvalue weighted by molar-refractivity contribution is -0.120. The first-order valence-corrected chi connectivity index (χ1v) is 7.41. The van der Waals surface area contributed by atoms with E-state index in [2.05, 4.69) is 10.2 Å². The lowest BCUT2D eigenvalue weighted by atomic mass is 10.1. The van der Waals surface area contributed by atoms with Crippen molar-refractivity contribution in [3.8, 4) is 5.75 Å². The fraction of sp³-hybridized carbons (Fsp3) is 0.562. The zero-order chi connectivity index (χ0) is 14.2. The van der Waals surface area contributed by atoms with Gasteiger partial charge in [0.25, 0.3) is 0 Å². The number of nitrogens with zero attached hydrogens (tertiary/aromatic N) is 1. The molecule has 1 amide bonds. The summed E-state index contributed by atoms with van der Waals surface area (Å²) in [6.45, 7) is 5.45. The summed E-state index contributed by atoms with van der Waals surface area (Å²) in [6.07, 6.45) is 3.27. The number of amides is 1. The minimum atomic E-state index is 0.0734. The summed E-state index contributed by atoms with van der Waals surface area (Å²) >= 11 is 0. The number of hydrogen-bond acceptors (Lipinski definition) is 3. The molecular weight excluding hydrogens is 252 g/mol. The highest BCUT2D eigenvalue weighted by molar-refractivity contribution is 5.73. The molecule has 0 aromatic heterocycles.